The predicted molar refractivity (Wildman–Crippen MR) is 159 cm³/mol. The highest BCUT2D eigenvalue weighted by Gasteiger charge is 2.26. The number of rotatable bonds is 16. The minimum atomic E-state index is -4.19. The Morgan fingerprint density at radius 1 is 0.857 bits per heavy atom. The van der Waals surface area contributed by atoms with E-state index in [1.807, 2.05) is 7.05 Å². The molecule has 0 saturated carbocycles. The molecule has 0 heterocycles. The number of halogens is 5. The van der Waals surface area contributed by atoms with Gasteiger partial charge >= 0.3 is 6.18 Å². The van der Waals surface area contributed by atoms with Gasteiger partial charge in [-0.05, 0) is 124 Å². The SMILES string of the molecule is CN(CCCCCCC1=C(c2ccc(F)c(O)c2)CCCc2c1ccc(O)c2F)CCCCS(=O)CCCC(F)(F)F. The number of alkyl halides is 3. The van der Waals surface area contributed by atoms with Gasteiger partial charge < -0.3 is 15.1 Å². The second-order valence-electron chi connectivity index (χ2n) is 11.1. The number of phenolic OH excluding ortho intramolecular Hbond substituents is 2. The van der Waals surface area contributed by atoms with Crippen molar-refractivity contribution < 1.29 is 36.4 Å². The summed E-state index contributed by atoms with van der Waals surface area (Å²) >= 11 is 0. The molecule has 0 fully saturated rings. The number of phenols is 2. The Morgan fingerprint density at radius 2 is 1.55 bits per heavy atom. The molecule has 0 bridgehead atoms. The van der Waals surface area contributed by atoms with Gasteiger partial charge in [0.2, 0.25) is 0 Å². The largest absolute Gasteiger partial charge is 0.505 e. The lowest BCUT2D eigenvalue weighted by atomic mass is 9.88. The molecule has 0 aromatic heterocycles. The molecule has 1 aliphatic rings. The van der Waals surface area contributed by atoms with Gasteiger partial charge in [-0.25, -0.2) is 8.78 Å². The fourth-order valence-corrected chi connectivity index (χ4v) is 6.72. The first kappa shape index (κ1) is 34.0. The Hall–Kier alpha value is -2.46. The van der Waals surface area contributed by atoms with Crippen molar-refractivity contribution in [3.05, 3.63) is 58.7 Å². The third kappa shape index (κ3) is 10.7. The van der Waals surface area contributed by atoms with Crippen LogP contribution in [-0.2, 0) is 17.2 Å². The number of hydrogen-bond donors (Lipinski definition) is 2. The predicted octanol–water partition coefficient (Wildman–Crippen LogP) is 8.38. The first-order valence-electron chi connectivity index (χ1n) is 14.8. The molecule has 2 aromatic rings. The summed E-state index contributed by atoms with van der Waals surface area (Å²) in [6.07, 6.45) is 2.77. The Kier molecular flexibility index (Phi) is 13.3. The lowest BCUT2D eigenvalue weighted by Crippen LogP contribution is -2.21. The Morgan fingerprint density at radius 3 is 2.26 bits per heavy atom. The van der Waals surface area contributed by atoms with Crippen molar-refractivity contribution in [3.63, 3.8) is 0 Å². The van der Waals surface area contributed by atoms with Crippen LogP contribution in [0.15, 0.2) is 30.3 Å². The third-order valence-electron chi connectivity index (χ3n) is 7.77. The van der Waals surface area contributed by atoms with E-state index in [0.717, 1.165) is 73.9 Å². The first-order valence-corrected chi connectivity index (χ1v) is 16.3. The molecule has 1 unspecified atom stereocenters. The fourth-order valence-electron chi connectivity index (χ4n) is 5.53. The quantitative estimate of drug-likeness (QED) is 0.147. The zero-order chi connectivity index (χ0) is 30.7. The maximum atomic E-state index is 14.9. The minimum Gasteiger partial charge on any atom is -0.505 e. The van der Waals surface area contributed by atoms with E-state index < -0.39 is 40.8 Å². The third-order valence-corrected chi connectivity index (χ3v) is 9.26. The van der Waals surface area contributed by atoms with Gasteiger partial charge in [-0.2, -0.15) is 13.2 Å². The van der Waals surface area contributed by atoms with E-state index in [4.69, 9.17) is 0 Å². The smallest absolute Gasteiger partial charge is 0.389 e. The molecular formula is C32H42F5NO3S. The second-order valence-corrected chi connectivity index (χ2v) is 12.8. The summed E-state index contributed by atoms with van der Waals surface area (Å²) in [6, 6.07) is 7.44. The topological polar surface area (TPSA) is 60.8 Å². The van der Waals surface area contributed by atoms with Crippen LogP contribution in [0.3, 0.4) is 0 Å². The molecule has 0 radical (unpaired) electrons. The Labute approximate surface area is 248 Å². The van der Waals surface area contributed by atoms with Crippen LogP contribution in [0.25, 0.3) is 11.1 Å². The summed E-state index contributed by atoms with van der Waals surface area (Å²) in [6.45, 7) is 1.75. The van der Waals surface area contributed by atoms with Crippen molar-refractivity contribution >= 4 is 21.9 Å². The molecule has 0 aliphatic heterocycles. The molecule has 1 atom stereocenters. The highest BCUT2D eigenvalue weighted by Crippen LogP contribution is 2.41. The fraction of sp³-hybridized carbons (Fsp3) is 0.562. The van der Waals surface area contributed by atoms with Crippen LogP contribution in [-0.4, -0.2) is 57.1 Å². The van der Waals surface area contributed by atoms with Gasteiger partial charge in [0.05, 0.1) is 0 Å². The van der Waals surface area contributed by atoms with Crippen molar-refractivity contribution in [2.45, 2.75) is 83.2 Å². The van der Waals surface area contributed by atoms with Gasteiger partial charge in [0, 0.05) is 28.7 Å². The lowest BCUT2D eigenvalue weighted by Gasteiger charge is -2.18. The van der Waals surface area contributed by atoms with Crippen molar-refractivity contribution in [3.8, 4) is 11.5 Å². The Bertz CT molecular complexity index is 1230. The summed E-state index contributed by atoms with van der Waals surface area (Å²) < 4.78 is 77.1. The van der Waals surface area contributed by atoms with Crippen molar-refractivity contribution in [2.24, 2.45) is 0 Å². The normalized spacial score (nSPS) is 14.7. The van der Waals surface area contributed by atoms with Gasteiger partial charge in [0.15, 0.2) is 23.1 Å². The lowest BCUT2D eigenvalue weighted by molar-refractivity contribution is -0.134. The average Bonchev–Trinajstić information content (AvgIpc) is 3.11. The molecule has 42 heavy (non-hydrogen) atoms. The summed E-state index contributed by atoms with van der Waals surface area (Å²) in [5, 5.41) is 19.9. The number of allylic oxidation sites excluding steroid dienone is 2. The molecule has 2 aromatic carbocycles. The van der Waals surface area contributed by atoms with E-state index in [2.05, 4.69) is 4.90 Å². The number of hydrogen-bond acceptors (Lipinski definition) is 4. The number of benzene rings is 2. The van der Waals surface area contributed by atoms with Gasteiger partial charge in [0.25, 0.3) is 0 Å². The van der Waals surface area contributed by atoms with Crippen LogP contribution in [0, 0.1) is 11.6 Å². The number of aromatic hydroxyl groups is 2. The summed E-state index contributed by atoms with van der Waals surface area (Å²) in [5.41, 5.74) is 3.92. The zero-order valence-electron chi connectivity index (χ0n) is 24.2. The number of nitrogens with zero attached hydrogens (tertiary/aromatic N) is 1. The molecule has 0 saturated heterocycles. The van der Waals surface area contributed by atoms with Crippen molar-refractivity contribution in [1.29, 1.82) is 0 Å². The summed E-state index contributed by atoms with van der Waals surface area (Å²) in [4.78, 5) is 2.21. The molecule has 1 aliphatic carbocycles. The van der Waals surface area contributed by atoms with E-state index in [-0.39, 0.29) is 17.9 Å². The zero-order valence-corrected chi connectivity index (χ0v) is 25.1. The van der Waals surface area contributed by atoms with Crippen LogP contribution in [0.1, 0.15) is 87.3 Å². The highest BCUT2D eigenvalue weighted by molar-refractivity contribution is 7.84. The average molecular weight is 616 g/mol. The Balaban J connectivity index is 1.47. The van der Waals surface area contributed by atoms with E-state index in [1.165, 1.54) is 18.2 Å². The van der Waals surface area contributed by atoms with Crippen LogP contribution < -0.4 is 0 Å². The molecule has 0 amide bonds. The standard InChI is InChI=1S/C32H42F5NO3S/c1-38(19-6-7-20-42(41)21-9-17-32(35,36)37)18-5-3-2-4-10-25-24(23-13-15-28(33)30(40)22-23)11-8-12-27-26(25)14-16-29(39)31(27)34/h13-16,22,39-40H,2-12,17-21H2,1H3. The van der Waals surface area contributed by atoms with Crippen LogP contribution in [0.5, 0.6) is 11.5 Å². The number of unbranched alkanes of at least 4 members (excludes halogenated alkanes) is 4. The number of fused-ring (bicyclic) bond motifs is 1. The van der Waals surface area contributed by atoms with Crippen molar-refractivity contribution in [2.75, 3.05) is 31.6 Å². The molecule has 0 spiro atoms. The van der Waals surface area contributed by atoms with Crippen LogP contribution >= 0.6 is 0 Å². The van der Waals surface area contributed by atoms with E-state index in [0.29, 0.717) is 37.0 Å². The van der Waals surface area contributed by atoms with Crippen LogP contribution in [0.2, 0.25) is 0 Å². The molecule has 234 valence electrons. The van der Waals surface area contributed by atoms with Crippen molar-refractivity contribution in [1.82, 2.24) is 4.90 Å². The van der Waals surface area contributed by atoms with Gasteiger partial charge in [-0.15, -0.1) is 0 Å². The van der Waals surface area contributed by atoms with E-state index in [9.17, 15) is 36.4 Å². The first-order chi connectivity index (χ1) is 20.0. The molecular weight excluding hydrogens is 573 g/mol. The minimum absolute atomic E-state index is 0.0859. The molecule has 4 nitrogen and oxygen atoms in total. The molecule has 3 rings (SSSR count). The highest BCUT2D eigenvalue weighted by atomic mass is 32.2. The summed E-state index contributed by atoms with van der Waals surface area (Å²) in [7, 11) is 0.829. The summed E-state index contributed by atoms with van der Waals surface area (Å²) in [5.74, 6) is -1.53. The maximum absolute atomic E-state index is 14.9. The molecule has 10 heteroatoms. The van der Waals surface area contributed by atoms with Crippen LogP contribution in [0.4, 0.5) is 22.0 Å². The van der Waals surface area contributed by atoms with Gasteiger partial charge in [-0.3, -0.25) is 4.21 Å². The van der Waals surface area contributed by atoms with E-state index >= 15 is 0 Å². The monoisotopic (exact) mass is 615 g/mol. The second kappa shape index (κ2) is 16.4. The van der Waals surface area contributed by atoms with Gasteiger partial charge in [-0.1, -0.05) is 25.0 Å². The van der Waals surface area contributed by atoms with E-state index in [1.54, 1.807) is 12.1 Å². The van der Waals surface area contributed by atoms with Gasteiger partial charge in [0.1, 0.15) is 0 Å². The molecule has 2 N–H and O–H groups in total. The maximum Gasteiger partial charge on any atom is 0.389 e.